The van der Waals surface area contributed by atoms with Gasteiger partial charge in [-0.3, -0.25) is 9.59 Å². The Bertz CT molecular complexity index is 1070. The molecule has 9 nitrogen and oxygen atoms in total. The van der Waals surface area contributed by atoms with Gasteiger partial charge in [0, 0.05) is 37.3 Å². The van der Waals surface area contributed by atoms with E-state index >= 15 is 0 Å². The van der Waals surface area contributed by atoms with Crippen molar-refractivity contribution in [2.45, 2.75) is 25.5 Å². The molecule has 0 radical (unpaired) electrons. The summed E-state index contributed by atoms with van der Waals surface area (Å²) in [6.45, 7) is 1.48. The second-order valence-electron chi connectivity index (χ2n) is 6.84. The van der Waals surface area contributed by atoms with Gasteiger partial charge in [0.1, 0.15) is 5.69 Å². The van der Waals surface area contributed by atoms with E-state index in [1.54, 1.807) is 30.6 Å². The van der Waals surface area contributed by atoms with Gasteiger partial charge in [0.05, 0.1) is 17.2 Å². The van der Waals surface area contributed by atoms with Crippen molar-refractivity contribution >= 4 is 11.6 Å². The Kier molecular flexibility index (Phi) is 4.01. The highest BCUT2D eigenvalue weighted by Gasteiger charge is 2.24. The summed E-state index contributed by atoms with van der Waals surface area (Å²) >= 11 is 0. The highest BCUT2D eigenvalue weighted by atomic mass is 16.7. The lowest BCUT2D eigenvalue weighted by Gasteiger charge is -2.16. The van der Waals surface area contributed by atoms with E-state index in [0.717, 1.165) is 19.4 Å². The van der Waals surface area contributed by atoms with Crippen LogP contribution in [-0.2, 0) is 11.3 Å². The first-order chi connectivity index (χ1) is 13.7. The third-order valence-electron chi connectivity index (χ3n) is 4.93. The van der Waals surface area contributed by atoms with Gasteiger partial charge in [0.15, 0.2) is 11.5 Å². The quantitative estimate of drug-likeness (QED) is 0.713. The Labute approximate surface area is 159 Å². The van der Waals surface area contributed by atoms with E-state index in [1.165, 1.54) is 0 Å². The molecule has 0 aromatic heterocycles. The van der Waals surface area contributed by atoms with Crippen LogP contribution in [0, 0.1) is 0 Å². The Morgan fingerprint density at radius 1 is 1.29 bits per heavy atom. The van der Waals surface area contributed by atoms with Gasteiger partial charge in [0.25, 0.3) is 11.5 Å². The SMILES string of the molecule is O=C(Nc1ccc2c(c1)OCO2)c1cn(C[C@@H]2CCCO2)cc2c(=O)[nH]nc1-2. The number of anilines is 1. The van der Waals surface area contributed by atoms with Crippen molar-refractivity contribution in [2.75, 3.05) is 18.7 Å². The molecule has 1 aromatic rings. The summed E-state index contributed by atoms with van der Waals surface area (Å²) in [5.74, 6) is 0.848. The van der Waals surface area contributed by atoms with E-state index in [-0.39, 0.29) is 24.4 Å². The minimum absolute atomic E-state index is 0.0780. The molecule has 1 fully saturated rings. The number of fused-ring (bicyclic) bond motifs is 2. The molecule has 4 heterocycles. The van der Waals surface area contributed by atoms with Crippen molar-refractivity contribution in [1.29, 1.82) is 0 Å². The zero-order valence-electron chi connectivity index (χ0n) is 14.9. The summed E-state index contributed by atoms with van der Waals surface area (Å²) in [4.78, 5) is 25.0. The molecule has 144 valence electrons. The number of carbonyl (C=O) groups is 1. The number of pyridine rings is 1. The molecule has 2 N–H and O–H groups in total. The smallest absolute Gasteiger partial charge is 0.275 e. The number of hydrogen-bond acceptors (Lipinski definition) is 6. The summed E-state index contributed by atoms with van der Waals surface area (Å²) in [5, 5.41) is 9.28. The Morgan fingerprint density at radius 2 is 2.18 bits per heavy atom. The first-order valence-electron chi connectivity index (χ1n) is 9.08. The topological polar surface area (TPSA) is 107 Å². The maximum atomic E-state index is 12.9. The number of aromatic nitrogens is 3. The largest absolute Gasteiger partial charge is 0.454 e. The summed E-state index contributed by atoms with van der Waals surface area (Å²) in [5.41, 5.74) is 1.26. The number of benzene rings is 1. The molecule has 4 aliphatic heterocycles. The van der Waals surface area contributed by atoms with Crippen LogP contribution in [0.2, 0.25) is 0 Å². The van der Waals surface area contributed by atoms with Crippen molar-refractivity contribution in [2.24, 2.45) is 0 Å². The standard InChI is InChI=1S/C19H18N4O5/c24-18(20-11-3-4-15-16(6-11)28-10-27-15)13-8-23(7-12-2-1-5-26-12)9-14-17(13)21-22-19(14)25/h3-4,6,8-9,12H,1-2,5,7,10H2,(H,20,24)(H,22,25)/t12-/m0/s1. The molecule has 1 atom stereocenters. The maximum absolute atomic E-state index is 12.9. The van der Waals surface area contributed by atoms with E-state index in [4.69, 9.17) is 14.2 Å². The molecule has 0 aliphatic carbocycles. The number of amides is 1. The van der Waals surface area contributed by atoms with Crippen LogP contribution in [0.4, 0.5) is 5.69 Å². The second kappa shape index (κ2) is 6.68. The van der Waals surface area contributed by atoms with Crippen LogP contribution in [0.15, 0.2) is 35.4 Å². The van der Waals surface area contributed by atoms with Crippen molar-refractivity contribution in [3.8, 4) is 22.8 Å². The fraction of sp³-hybridized carbons (Fsp3) is 0.316. The van der Waals surface area contributed by atoms with Gasteiger partial charge in [0.2, 0.25) is 6.79 Å². The number of nitrogens with one attached hydrogen (secondary N) is 2. The van der Waals surface area contributed by atoms with Gasteiger partial charge >= 0.3 is 0 Å². The van der Waals surface area contributed by atoms with E-state index in [1.807, 2.05) is 4.57 Å². The average molecular weight is 382 g/mol. The lowest BCUT2D eigenvalue weighted by Crippen LogP contribution is -2.20. The van der Waals surface area contributed by atoms with Crippen LogP contribution < -0.4 is 20.3 Å². The van der Waals surface area contributed by atoms with Gasteiger partial charge in [-0.2, -0.15) is 5.10 Å². The molecule has 0 saturated carbocycles. The van der Waals surface area contributed by atoms with Crippen molar-refractivity contribution in [3.63, 3.8) is 0 Å². The van der Waals surface area contributed by atoms with E-state index in [0.29, 0.717) is 40.6 Å². The number of nitrogens with zero attached hydrogens (tertiary/aromatic N) is 2. The number of ether oxygens (including phenoxy) is 3. The molecular weight excluding hydrogens is 364 g/mol. The monoisotopic (exact) mass is 382 g/mol. The Hall–Kier alpha value is -3.33. The van der Waals surface area contributed by atoms with Crippen LogP contribution in [-0.4, -0.2) is 40.2 Å². The fourth-order valence-electron chi connectivity index (χ4n) is 3.56. The van der Waals surface area contributed by atoms with Crippen LogP contribution in [0.3, 0.4) is 0 Å². The number of H-pyrrole nitrogens is 1. The molecule has 0 spiro atoms. The number of carbonyl (C=O) groups excluding carboxylic acids is 1. The van der Waals surface area contributed by atoms with Gasteiger partial charge in [-0.05, 0) is 25.0 Å². The van der Waals surface area contributed by atoms with Gasteiger partial charge in [-0.1, -0.05) is 0 Å². The molecule has 9 heteroatoms. The summed E-state index contributed by atoms with van der Waals surface area (Å²) in [7, 11) is 0. The van der Waals surface area contributed by atoms with Crippen molar-refractivity contribution in [3.05, 3.63) is 46.5 Å². The fourth-order valence-corrected chi connectivity index (χ4v) is 3.56. The van der Waals surface area contributed by atoms with Crippen LogP contribution >= 0.6 is 0 Å². The molecule has 28 heavy (non-hydrogen) atoms. The summed E-state index contributed by atoms with van der Waals surface area (Å²) in [6, 6.07) is 5.17. The molecule has 1 aromatic carbocycles. The molecule has 1 amide bonds. The van der Waals surface area contributed by atoms with Crippen molar-refractivity contribution in [1.82, 2.24) is 14.8 Å². The first kappa shape index (κ1) is 16.8. The Balaban J connectivity index is 1.46. The lowest BCUT2D eigenvalue weighted by atomic mass is 10.1. The summed E-state index contributed by atoms with van der Waals surface area (Å²) < 4.78 is 18.1. The molecule has 5 rings (SSSR count). The highest BCUT2D eigenvalue weighted by Crippen LogP contribution is 2.34. The molecule has 0 bridgehead atoms. The normalized spacial score (nSPS) is 17.9. The highest BCUT2D eigenvalue weighted by molar-refractivity contribution is 6.08. The van der Waals surface area contributed by atoms with E-state index < -0.39 is 0 Å². The number of hydrogen-bond donors (Lipinski definition) is 2. The molecule has 0 unspecified atom stereocenters. The molecular formula is C19H18N4O5. The second-order valence-corrected chi connectivity index (χ2v) is 6.84. The average Bonchev–Trinajstić information content (AvgIpc) is 3.43. The summed E-state index contributed by atoms with van der Waals surface area (Å²) in [6.07, 6.45) is 5.46. The molecule has 4 aliphatic rings. The van der Waals surface area contributed by atoms with Gasteiger partial charge in [-0.15, -0.1) is 0 Å². The molecule has 1 saturated heterocycles. The number of rotatable bonds is 4. The minimum Gasteiger partial charge on any atom is -0.454 e. The predicted octanol–water partition coefficient (Wildman–Crippen LogP) is 1.84. The number of aromatic amines is 1. The van der Waals surface area contributed by atoms with Gasteiger partial charge < -0.3 is 24.1 Å². The lowest BCUT2D eigenvalue weighted by molar-refractivity contribution is 0.0961. The first-order valence-corrected chi connectivity index (χ1v) is 9.08. The minimum atomic E-state index is -0.364. The van der Waals surface area contributed by atoms with Crippen LogP contribution in [0.25, 0.3) is 11.3 Å². The third kappa shape index (κ3) is 2.99. The van der Waals surface area contributed by atoms with Crippen LogP contribution in [0.1, 0.15) is 23.2 Å². The van der Waals surface area contributed by atoms with E-state index in [9.17, 15) is 9.59 Å². The zero-order valence-corrected chi connectivity index (χ0v) is 14.9. The van der Waals surface area contributed by atoms with E-state index in [2.05, 4.69) is 15.5 Å². The zero-order chi connectivity index (χ0) is 19.1. The third-order valence-corrected chi connectivity index (χ3v) is 4.93. The maximum Gasteiger partial charge on any atom is 0.275 e. The van der Waals surface area contributed by atoms with Gasteiger partial charge in [-0.25, -0.2) is 5.10 Å². The van der Waals surface area contributed by atoms with Crippen LogP contribution in [0.5, 0.6) is 11.5 Å². The predicted molar refractivity (Wildman–Crippen MR) is 99.0 cm³/mol. The Morgan fingerprint density at radius 3 is 3.04 bits per heavy atom. The van der Waals surface area contributed by atoms with Crippen molar-refractivity contribution < 1.29 is 19.0 Å².